The first-order valence-electron chi connectivity index (χ1n) is 4.52. The lowest BCUT2D eigenvalue weighted by molar-refractivity contribution is 0.0951. The summed E-state index contributed by atoms with van der Waals surface area (Å²) in [7, 11) is 0. The molecule has 0 bridgehead atoms. The van der Waals surface area contributed by atoms with Gasteiger partial charge in [-0.15, -0.1) is 0 Å². The molecule has 1 rings (SSSR count). The standard InChI is InChI=1S/C10H14N2O2/c1-2-5-12-10(14)8-4-3-7(11)6-9(8)13/h3-4,6,13H,2,5,11H2,1H3,(H,12,14). The van der Waals surface area contributed by atoms with Crippen LogP contribution in [0.2, 0.25) is 0 Å². The van der Waals surface area contributed by atoms with Crippen LogP contribution in [0.15, 0.2) is 18.2 Å². The van der Waals surface area contributed by atoms with E-state index >= 15 is 0 Å². The number of nitrogens with one attached hydrogen (secondary N) is 1. The topological polar surface area (TPSA) is 75.4 Å². The van der Waals surface area contributed by atoms with Crippen LogP contribution in [-0.2, 0) is 0 Å². The second-order valence-electron chi connectivity index (χ2n) is 3.03. The smallest absolute Gasteiger partial charge is 0.255 e. The van der Waals surface area contributed by atoms with E-state index in [9.17, 15) is 9.90 Å². The lowest BCUT2D eigenvalue weighted by Crippen LogP contribution is -2.23. The van der Waals surface area contributed by atoms with E-state index in [1.54, 1.807) is 6.07 Å². The molecule has 4 heteroatoms. The van der Waals surface area contributed by atoms with Crippen molar-refractivity contribution < 1.29 is 9.90 Å². The SMILES string of the molecule is CCCNC(=O)c1ccc(N)cc1O. The number of anilines is 1. The van der Waals surface area contributed by atoms with Gasteiger partial charge in [0.2, 0.25) is 0 Å². The Bertz CT molecular complexity index is 337. The zero-order chi connectivity index (χ0) is 10.6. The average molecular weight is 194 g/mol. The number of phenolic OH excluding ortho intramolecular Hbond substituents is 1. The van der Waals surface area contributed by atoms with Crippen molar-refractivity contribution >= 4 is 11.6 Å². The molecule has 14 heavy (non-hydrogen) atoms. The molecule has 0 atom stereocenters. The van der Waals surface area contributed by atoms with Crippen molar-refractivity contribution in [3.8, 4) is 5.75 Å². The number of aromatic hydroxyl groups is 1. The summed E-state index contributed by atoms with van der Waals surface area (Å²) in [5.74, 6) is -0.358. The number of hydrogen-bond acceptors (Lipinski definition) is 3. The molecule has 4 nitrogen and oxygen atoms in total. The van der Waals surface area contributed by atoms with Crippen molar-refractivity contribution in [1.29, 1.82) is 0 Å². The number of carbonyl (C=O) groups excluding carboxylic acids is 1. The highest BCUT2D eigenvalue weighted by Gasteiger charge is 2.09. The number of amides is 1. The second kappa shape index (κ2) is 4.50. The van der Waals surface area contributed by atoms with E-state index in [1.807, 2.05) is 6.92 Å². The molecule has 0 fully saturated rings. The van der Waals surface area contributed by atoms with Crippen molar-refractivity contribution in [3.63, 3.8) is 0 Å². The van der Waals surface area contributed by atoms with Crippen LogP contribution in [-0.4, -0.2) is 17.6 Å². The molecule has 0 saturated heterocycles. The molecule has 1 amide bonds. The lowest BCUT2D eigenvalue weighted by Gasteiger charge is -2.05. The van der Waals surface area contributed by atoms with Crippen LogP contribution in [0.5, 0.6) is 5.75 Å². The maximum Gasteiger partial charge on any atom is 0.255 e. The maximum absolute atomic E-state index is 11.4. The zero-order valence-corrected chi connectivity index (χ0v) is 8.08. The maximum atomic E-state index is 11.4. The first-order chi connectivity index (χ1) is 6.65. The Morgan fingerprint density at radius 1 is 1.57 bits per heavy atom. The van der Waals surface area contributed by atoms with Gasteiger partial charge in [0, 0.05) is 18.3 Å². The monoisotopic (exact) mass is 194 g/mol. The molecule has 1 aromatic carbocycles. The summed E-state index contributed by atoms with van der Waals surface area (Å²) in [4.78, 5) is 11.4. The third kappa shape index (κ3) is 2.39. The minimum atomic E-state index is -0.274. The third-order valence-corrected chi connectivity index (χ3v) is 1.80. The highest BCUT2D eigenvalue weighted by molar-refractivity contribution is 5.97. The van der Waals surface area contributed by atoms with Gasteiger partial charge in [0.05, 0.1) is 5.56 Å². The van der Waals surface area contributed by atoms with Gasteiger partial charge in [-0.3, -0.25) is 4.79 Å². The Hall–Kier alpha value is -1.71. The first-order valence-corrected chi connectivity index (χ1v) is 4.52. The summed E-state index contributed by atoms with van der Waals surface area (Å²) in [5.41, 5.74) is 6.13. The highest BCUT2D eigenvalue weighted by Crippen LogP contribution is 2.19. The number of carbonyl (C=O) groups is 1. The lowest BCUT2D eigenvalue weighted by atomic mass is 10.1. The van der Waals surface area contributed by atoms with Crippen molar-refractivity contribution in [1.82, 2.24) is 5.32 Å². The van der Waals surface area contributed by atoms with Crippen LogP contribution in [0.4, 0.5) is 5.69 Å². The van der Waals surface area contributed by atoms with Crippen LogP contribution in [0, 0.1) is 0 Å². The number of rotatable bonds is 3. The van der Waals surface area contributed by atoms with Crippen molar-refractivity contribution in [2.24, 2.45) is 0 Å². The molecule has 1 aromatic rings. The molecule has 0 heterocycles. The van der Waals surface area contributed by atoms with Crippen LogP contribution >= 0.6 is 0 Å². The molecule has 0 aliphatic rings. The predicted molar refractivity (Wildman–Crippen MR) is 55.1 cm³/mol. The molecule has 0 unspecified atom stereocenters. The van der Waals surface area contributed by atoms with Crippen LogP contribution in [0.1, 0.15) is 23.7 Å². The minimum absolute atomic E-state index is 0.0846. The number of hydrogen-bond donors (Lipinski definition) is 3. The minimum Gasteiger partial charge on any atom is -0.507 e. The fraction of sp³-hybridized carbons (Fsp3) is 0.300. The zero-order valence-electron chi connectivity index (χ0n) is 8.08. The van der Waals surface area contributed by atoms with Gasteiger partial charge in [-0.05, 0) is 18.6 Å². The van der Waals surface area contributed by atoms with Gasteiger partial charge in [-0.1, -0.05) is 6.92 Å². The molecule has 0 saturated carbocycles. The summed E-state index contributed by atoms with van der Waals surface area (Å²) >= 11 is 0. The number of nitrogen functional groups attached to an aromatic ring is 1. The average Bonchev–Trinajstić information content (AvgIpc) is 2.14. The fourth-order valence-corrected chi connectivity index (χ4v) is 1.07. The van der Waals surface area contributed by atoms with Crippen LogP contribution in [0.3, 0.4) is 0 Å². The number of benzene rings is 1. The normalized spacial score (nSPS) is 9.79. The summed E-state index contributed by atoms with van der Waals surface area (Å²) < 4.78 is 0. The van der Waals surface area contributed by atoms with E-state index in [0.717, 1.165) is 6.42 Å². The summed E-state index contributed by atoms with van der Waals surface area (Å²) in [5, 5.41) is 12.1. The summed E-state index contributed by atoms with van der Waals surface area (Å²) in [6, 6.07) is 4.46. The Balaban J connectivity index is 2.80. The largest absolute Gasteiger partial charge is 0.507 e. The van der Waals surface area contributed by atoms with E-state index in [1.165, 1.54) is 12.1 Å². The van der Waals surface area contributed by atoms with Crippen molar-refractivity contribution in [2.45, 2.75) is 13.3 Å². The van der Waals surface area contributed by atoms with Gasteiger partial charge in [0.15, 0.2) is 0 Å². The first kappa shape index (κ1) is 10.4. The van der Waals surface area contributed by atoms with Gasteiger partial charge >= 0.3 is 0 Å². The van der Waals surface area contributed by atoms with E-state index in [0.29, 0.717) is 12.2 Å². The van der Waals surface area contributed by atoms with Crippen molar-refractivity contribution in [2.75, 3.05) is 12.3 Å². The molecule has 0 aliphatic carbocycles. The van der Waals surface area contributed by atoms with Gasteiger partial charge in [-0.25, -0.2) is 0 Å². The molecule has 0 aromatic heterocycles. The molecule has 4 N–H and O–H groups in total. The van der Waals surface area contributed by atoms with E-state index < -0.39 is 0 Å². The van der Waals surface area contributed by atoms with Crippen LogP contribution in [0.25, 0.3) is 0 Å². The van der Waals surface area contributed by atoms with Gasteiger partial charge < -0.3 is 16.2 Å². The van der Waals surface area contributed by atoms with Gasteiger partial charge in [0.1, 0.15) is 5.75 Å². The molecule has 0 radical (unpaired) electrons. The Kier molecular flexibility index (Phi) is 3.34. The predicted octanol–water partition coefficient (Wildman–Crippen LogP) is 1.11. The Labute approximate surface area is 82.7 Å². The number of phenols is 1. The molecule has 76 valence electrons. The van der Waals surface area contributed by atoms with Crippen LogP contribution < -0.4 is 11.1 Å². The van der Waals surface area contributed by atoms with E-state index in [2.05, 4.69) is 5.32 Å². The summed E-state index contributed by atoms with van der Waals surface area (Å²) in [6.07, 6.45) is 0.863. The highest BCUT2D eigenvalue weighted by atomic mass is 16.3. The summed E-state index contributed by atoms with van der Waals surface area (Å²) in [6.45, 7) is 2.56. The van der Waals surface area contributed by atoms with E-state index in [-0.39, 0.29) is 17.2 Å². The van der Waals surface area contributed by atoms with E-state index in [4.69, 9.17) is 5.73 Å². The Morgan fingerprint density at radius 2 is 2.29 bits per heavy atom. The second-order valence-corrected chi connectivity index (χ2v) is 3.03. The molecular formula is C10H14N2O2. The molecule has 0 spiro atoms. The number of nitrogens with two attached hydrogens (primary N) is 1. The Morgan fingerprint density at radius 3 is 2.86 bits per heavy atom. The third-order valence-electron chi connectivity index (χ3n) is 1.80. The van der Waals surface area contributed by atoms with Gasteiger partial charge in [-0.2, -0.15) is 0 Å². The fourth-order valence-electron chi connectivity index (χ4n) is 1.07. The molecular weight excluding hydrogens is 180 g/mol. The van der Waals surface area contributed by atoms with Gasteiger partial charge in [0.25, 0.3) is 5.91 Å². The molecule has 0 aliphatic heterocycles. The quantitative estimate of drug-likeness (QED) is 0.631. The van der Waals surface area contributed by atoms with Crippen molar-refractivity contribution in [3.05, 3.63) is 23.8 Å².